The average molecular weight is 287 g/mol. The fourth-order valence-corrected chi connectivity index (χ4v) is 2.94. The second-order valence-corrected chi connectivity index (χ2v) is 5.76. The Morgan fingerprint density at radius 1 is 1.05 bits per heavy atom. The molecule has 1 heterocycles. The number of hydrogen-bond acceptors (Lipinski definition) is 0. The highest BCUT2D eigenvalue weighted by Gasteiger charge is 2.10. The predicted molar refractivity (Wildman–Crippen MR) is 97.3 cm³/mol. The van der Waals surface area contributed by atoms with Gasteiger partial charge in [0.05, 0.1) is 0 Å². The van der Waals surface area contributed by atoms with Crippen LogP contribution in [0.15, 0.2) is 78.9 Å². The molecule has 110 valence electrons. The Labute approximate surface area is 131 Å². The van der Waals surface area contributed by atoms with Crippen molar-refractivity contribution in [1.29, 1.82) is 0 Å². The van der Waals surface area contributed by atoms with Crippen LogP contribution in [0.1, 0.15) is 12.5 Å². The van der Waals surface area contributed by atoms with Gasteiger partial charge in [0.15, 0.2) is 0 Å². The first kappa shape index (κ1) is 14.4. The van der Waals surface area contributed by atoms with Crippen LogP contribution in [0.2, 0.25) is 0 Å². The Morgan fingerprint density at radius 2 is 1.82 bits per heavy atom. The van der Waals surface area contributed by atoms with Gasteiger partial charge in [-0.05, 0) is 32.0 Å². The van der Waals surface area contributed by atoms with E-state index in [1.807, 2.05) is 12.2 Å². The number of para-hydroxylation sites is 1. The van der Waals surface area contributed by atoms with Crippen molar-refractivity contribution in [3.8, 4) is 0 Å². The van der Waals surface area contributed by atoms with E-state index in [0.717, 1.165) is 6.54 Å². The number of nitrogens with zero attached hydrogens (tertiary/aromatic N) is 1. The summed E-state index contributed by atoms with van der Waals surface area (Å²) >= 11 is 0. The summed E-state index contributed by atoms with van der Waals surface area (Å²) in [6, 6.07) is 15.4. The quantitative estimate of drug-likeness (QED) is 0.535. The molecule has 0 aliphatic rings. The fraction of sp³-hybridized carbons (Fsp3) is 0.143. The molecule has 0 atom stereocenters. The van der Waals surface area contributed by atoms with Gasteiger partial charge in [-0.1, -0.05) is 66.3 Å². The monoisotopic (exact) mass is 287 g/mol. The third-order valence-corrected chi connectivity index (χ3v) is 3.96. The van der Waals surface area contributed by atoms with E-state index in [9.17, 15) is 0 Å². The van der Waals surface area contributed by atoms with Crippen LogP contribution in [0, 0.1) is 6.92 Å². The lowest BCUT2D eigenvalue weighted by atomic mass is 10.1. The maximum Gasteiger partial charge on any atom is 0.0494 e. The minimum atomic E-state index is 0.897. The lowest BCUT2D eigenvalue weighted by Gasteiger charge is -2.07. The van der Waals surface area contributed by atoms with Gasteiger partial charge in [-0.15, -0.1) is 0 Å². The van der Waals surface area contributed by atoms with Gasteiger partial charge >= 0.3 is 0 Å². The molecule has 0 radical (unpaired) electrons. The molecule has 0 aliphatic carbocycles. The first-order valence-corrected chi connectivity index (χ1v) is 7.63. The van der Waals surface area contributed by atoms with Crippen molar-refractivity contribution in [3.05, 3.63) is 84.5 Å². The molecular formula is C21H21N. The number of fused-ring (bicyclic) bond motifs is 3. The first-order chi connectivity index (χ1) is 10.7. The van der Waals surface area contributed by atoms with Crippen LogP contribution >= 0.6 is 0 Å². The largest absolute Gasteiger partial charge is 0.336 e. The van der Waals surface area contributed by atoms with Gasteiger partial charge in [0.1, 0.15) is 0 Å². The molecular weight excluding hydrogens is 266 g/mol. The van der Waals surface area contributed by atoms with Gasteiger partial charge < -0.3 is 4.57 Å². The van der Waals surface area contributed by atoms with Gasteiger partial charge in [-0.25, -0.2) is 0 Å². The Morgan fingerprint density at radius 3 is 2.64 bits per heavy atom. The number of aromatic nitrogens is 1. The highest BCUT2D eigenvalue weighted by molar-refractivity contribution is 6.08. The van der Waals surface area contributed by atoms with Crippen LogP contribution < -0.4 is 0 Å². The van der Waals surface area contributed by atoms with Crippen molar-refractivity contribution in [1.82, 2.24) is 4.57 Å². The topological polar surface area (TPSA) is 4.93 Å². The Kier molecular flexibility index (Phi) is 3.97. The van der Waals surface area contributed by atoms with E-state index in [-0.39, 0.29) is 0 Å². The van der Waals surface area contributed by atoms with Crippen molar-refractivity contribution >= 4 is 21.8 Å². The summed E-state index contributed by atoms with van der Waals surface area (Å²) in [5.41, 5.74) is 5.22. The average Bonchev–Trinajstić information content (AvgIpc) is 2.82. The first-order valence-electron chi connectivity index (χ1n) is 7.63. The molecule has 1 nitrogen and oxygen atoms in total. The van der Waals surface area contributed by atoms with Crippen molar-refractivity contribution in [2.45, 2.75) is 20.4 Å². The van der Waals surface area contributed by atoms with Crippen LogP contribution in [-0.2, 0) is 6.54 Å². The molecule has 3 aromatic rings. The molecule has 1 aromatic heterocycles. The summed E-state index contributed by atoms with van der Waals surface area (Å²) in [5, 5.41) is 2.67. The Hall–Kier alpha value is -2.54. The van der Waals surface area contributed by atoms with E-state index < -0.39 is 0 Å². The third kappa shape index (κ3) is 2.62. The third-order valence-electron chi connectivity index (χ3n) is 3.96. The van der Waals surface area contributed by atoms with Crippen LogP contribution in [0.5, 0.6) is 0 Å². The molecule has 0 unspecified atom stereocenters. The molecule has 0 aliphatic heterocycles. The molecule has 0 amide bonds. The van der Waals surface area contributed by atoms with Gasteiger partial charge in [-0.3, -0.25) is 0 Å². The van der Waals surface area contributed by atoms with E-state index in [4.69, 9.17) is 0 Å². The number of rotatable bonds is 4. The van der Waals surface area contributed by atoms with Crippen molar-refractivity contribution < 1.29 is 0 Å². The molecule has 3 rings (SSSR count). The lowest BCUT2D eigenvalue weighted by Crippen LogP contribution is -1.98. The van der Waals surface area contributed by atoms with Crippen LogP contribution in [-0.4, -0.2) is 4.57 Å². The molecule has 0 saturated carbocycles. The minimum absolute atomic E-state index is 0.897. The minimum Gasteiger partial charge on any atom is -0.336 e. The summed E-state index contributed by atoms with van der Waals surface area (Å²) < 4.78 is 2.40. The lowest BCUT2D eigenvalue weighted by molar-refractivity contribution is 0.849. The van der Waals surface area contributed by atoms with E-state index in [1.165, 1.54) is 32.9 Å². The zero-order chi connectivity index (χ0) is 15.5. The molecule has 0 fully saturated rings. The smallest absolute Gasteiger partial charge is 0.0494 e. The van der Waals surface area contributed by atoms with Crippen molar-refractivity contribution in [2.75, 3.05) is 0 Å². The zero-order valence-corrected chi connectivity index (χ0v) is 13.2. The number of hydrogen-bond donors (Lipinski definition) is 0. The number of aryl methyl sites for hydroxylation is 1. The van der Waals surface area contributed by atoms with Crippen LogP contribution in [0.3, 0.4) is 0 Å². The van der Waals surface area contributed by atoms with E-state index in [2.05, 4.69) is 73.5 Å². The van der Waals surface area contributed by atoms with Crippen LogP contribution in [0.4, 0.5) is 0 Å². The molecule has 22 heavy (non-hydrogen) atoms. The van der Waals surface area contributed by atoms with Gasteiger partial charge in [0, 0.05) is 28.4 Å². The summed E-state index contributed by atoms with van der Waals surface area (Å²) in [6.07, 6.45) is 7.95. The van der Waals surface area contributed by atoms with E-state index in [0.29, 0.717) is 0 Å². The second-order valence-electron chi connectivity index (χ2n) is 5.76. The highest BCUT2D eigenvalue weighted by atomic mass is 15.0. The predicted octanol–water partition coefficient (Wildman–Crippen LogP) is 5.79. The normalized spacial score (nSPS) is 12.5. The van der Waals surface area contributed by atoms with E-state index >= 15 is 0 Å². The molecule has 1 heteroatoms. The van der Waals surface area contributed by atoms with Gasteiger partial charge in [0.25, 0.3) is 0 Å². The maximum atomic E-state index is 3.70. The summed E-state index contributed by atoms with van der Waals surface area (Å²) in [6.45, 7) is 8.92. The number of benzene rings is 2. The zero-order valence-electron chi connectivity index (χ0n) is 13.2. The SMILES string of the molecule is C=C/C=C\C=C(\C)Cn1c2ccccc2c2cc(C)ccc21. The fourth-order valence-electron chi connectivity index (χ4n) is 2.94. The van der Waals surface area contributed by atoms with Crippen molar-refractivity contribution in [2.24, 2.45) is 0 Å². The second kappa shape index (κ2) is 6.07. The standard InChI is InChI=1S/C21H21N/c1-4-5-6-9-17(3)15-22-20-11-8-7-10-18(20)19-14-16(2)12-13-21(19)22/h4-14H,1,15H2,2-3H3/b6-5-,17-9-. The molecule has 0 spiro atoms. The Bertz CT molecular complexity index is 891. The molecule has 0 bridgehead atoms. The Balaban J connectivity index is 2.16. The van der Waals surface area contributed by atoms with Gasteiger partial charge in [0.2, 0.25) is 0 Å². The molecule has 0 N–H and O–H groups in total. The molecule has 0 saturated heterocycles. The maximum absolute atomic E-state index is 3.70. The molecule has 2 aromatic carbocycles. The van der Waals surface area contributed by atoms with Crippen LogP contribution in [0.25, 0.3) is 21.8 Å². The summed E-state index contributed by atoms with van der Waals surface area (Å²) in [4.78, 5) is 0. The van der Waals surface area contributed by atoms with E-state index in [1.54, 1.807) is 6.08 Å². The number of allylic oxidation sites excluding steroid dienone is 5. The van der Waals surface area contributed by atoms with Crippen molar-refractivity contribution in [3.63, 3.8) is 0 Å². The van der Waals surface area contributed by atoms with Gasteiger partial charge in [-0.2, -0.15) is 0 Å². The summed E-state index contributed by atoms with van der Waals surface area (Å²) in [5.74, 6) is 0. The highest BCUT2D eigenvalue weighted by Crippen LogP contribution is 2.30. The summed E-state index contributed by atoms with van der Waals surface area (Å²) in [7, 11) is 0.